The molecule has 4 aliphatic heterocycles. The highest BCUT2D eigenvalue weighted by Crippen LogP contribution is 2.38. The van der Waals surface area contributed by atoms with Gasteiger partial charge in [-0.2, -0.15) is 5.10 Å². The second-order valence-electron chi connectivity index (χ2n) is 12.6. The van der Waals surface area contributed by atoms with E-state index in [2.05, 4.69) is 43.4 Å². The number of morpholine rings is 1. The molecule has 0 radical (unpaired) electrons. The van der Waals surface area contributed by atoms with Crippen LogP contribution >= 0.6 is 0 Å². The molecule has 0 aromatic carbocycles. The number of rotatable bonds is 5. The summed E-state index contributed by atoms with van der Waals surface area (Å²) >= 11 is 0. The summed E-state index contributed by atoms with van der Waals surface area (Å²) in [5.74, 6) is 3.42. The Hall–Kier alpha value is -4.29. The number of pyridine rings is 3. The number of hydrogen-bond acceptors (Lipinski definition) is 10. The van der Waals surface area contributed by atoms with Crippen molar-refractivity contribution >= 4 is 33.7 Å². The lowest BCUT2D eigenvalue weighted by Gasteiger charge is -2.37. The van der Waals surface area contributed by atoms with Gasteiger partial charge in [0.25, 0.3) is 0 Å². The summed E-state index contributed by atoms with van der Waals surface area (Å²) in [6, 6.07) is 6.97. The molecular formula is C32H36N10O2. The van der Waals surface area contributed by atoms with Crippen LogP contribution in [0.1, 0.15) is 25.0 Å². The summed E-state index contributed by atoms with van der Waals surface area (Å²) in [6.45, 7) is 7.90. The third-order valence-corrected chi connectivity index (χ3v) is 10.1. The molecule has 0 aliphatic carbocycles. The van der Waals surface area contributed by atoms with Crippen molar-refractivity contribution in [1.82, 2.24) is 39.2 Å². The van der Waals surface area contributed by atoms with Crippen molar-refractivity contribution in [2.45, 2.75) is 44.4 Å². The Morgan fingerprint density at radius 3 is 2.77 bits per heavy atom. The molecule has 2 bridgehead atoms. The zero-order valence-electron chi connectivity index (χ0n) is 25.3. The number of anilines is 2. The van der Waals surface area contributed by atoms with Gasteiger partial charge in [-0.3, -0.25) is 14.9 Å². The highest BCUT2D eigenvalue weighted by Gasteiger charge is 2.41. The third kappa shape index (κ3) is 3.93. The van der Waals surface area contributed by atoms with Crippen molar-refractivity contribution in [3.8, 4) is 22.8 Å². The first-order valence-electron chi connectivity index (χ1n) is 15.6. The number of ether oxygens (including phenoxy) is 2. The largest absolute Gasteiger partial charge is 0.496 e. The standard InChI is InChI=1S/C32H36N10O2/c1-19-23-15-34-42(26(23)12-25(35-19)24-14-33-7-6-28(24)43-3)29-13-27-30(31(36-29)41-17-22-11-21(41)18-44-22)37-32(38(27)2)40-10-9-39-8-4-5-20(39)16-40/h6-7,12-15,20-22H,4-5,8-11,16-18H2,1-3H3/t20-,21+,22+/m0/s1. The molecule has 12 heteroatoms. The van der Waals surface area contributed by atoms with E-state index in [0.29, 0.717) is 12.1 Å². The van der Waals surface area contributed by atoms with E-state index in [-0.39, 0.29) is 6.10 Å². The lowest BCUT2D eigenvalue weighted by molar-refractivity contribution is 0.0989. The summed E-state index contributed by atoms with van der Waals surface area (Å²) < 4.78 is 15.8. The van der Waals surface area contributed by atoms with Crippen molar-refractivity contribution in [1.29, 1.82) is 0 Å². The Morgan fingerprint density at radius 1 is 1.00 bits per heavy atom. The van der Waals surface area contributed by atoms with Crippen molar-refractivity contribution in [3.05, 3.63) is 42.5 Å². The zero-order chi connectivity index (χ0) is 29.5. The smallest absolute Gasteiger partial charge is 0.206 e. The van der Waals surface area contributed by atoms with Crippen LogP contribution in [0.15, 0.2) is 36.8 Å². The van der Waals surface area contributed by atoms with E-state index >= 15 is 0 Å². The quantitative estimate of drug-likeness (QED) is 0.302. The summed E-state index contributed by atoms with van der Waals surface area (Å²) in [4.78, 5) is 27.4. The number of hydrogen-bond donors (Lipinski definition) is 0. The molecule has 12 nitrogen and oxygen atoms in total. The Morgan fingerprint density at radius 2 is 1.93 bits per heavy atom. The van der Waals surface area contributed by atoms with Crippen LogP contribution < -0.4 is 14.5 Å². The minimum atomic E-state index is 0.246. The van der Waals surface area contributed by atoms with Crippen molar-refractivity contribution in [3.63, 3.8) is 0 Å². The van der Waals surface area contributed by atoms with E-state index in [4.69, 9.17) is 29.5 Å². The molecule has 0 saturated carbocycles. The molecule has 9 rings (SSSR count). The first kappa shape index (κ1) is 26.1. The average molecular weight is 593 g/mol. The molecule has 0 unspecified atom stereocenters. The minimum absolute atomic E-state index is 0.246. The zero-order valence-corrected chi connectivity index (χ0v) is 25.3. The van der Waals surface area contributed by atoms with Crippen molar-refractivity contribution in [2.24, 2.45) is 7.05 Å². The van der Waals surface area contributed by atoms with Crippen molar-refractivity contribution < 1.29 is 9.47 Å². The first-order valence-corrected chi connectivity index (χ1v) is 15.6. The van der Waals surface area contributed by atoms with Crippen LogP contribution in [0.2, 0.25) is 0 Å². The molecule has 0 spiro atoms. The van der Waals surface area contributed by atoms with Crippen LogP contribution in [0.3, 0.4) is 0 Å². The fourth-order valence-electron chi connectivity index (χ4n) is 7.82. The summed E-state index contributed by atoms with van der Waals surface area (Å²) in [5.41, 5.74) is 5.44. The van der Waals surface area contributed by atoms with Gasteiger partial charge in [-0.05, 0) is 44.9 Å². The highest BCUT2D eigenvalue weighted by molar-refractivity contribution is 5.92. The maximum atomic E-state index is 5.98. The second-order valence-corrected chi connectivity index (χ2v) is 12.6. The summed E-state index contributed by atoms with van der Waals surface area (Å²) in [6.07, 6.45) is 9.24. The topological polar surface area (TPSA) is 102 Å². The molecular weight excluding hydrogens is 556 g/mol. The summed E-state index contributed by atoms with van der Waals surface area (Å²) in [5, 5.41) is 5.85. The number of piperazine rings is 1. The minimum Gasteiger partial charge on any atom is -0.496 e. The second kappa shape index (κ2) is 9.86. The van der Waals surface area contributed by atoms with Crippen LogP contribution in [0.4, 0.5) is 11.8 Å². The maximum absolute atomic E-state index is 5.98. The van der Waals surface area contributed by atoms with E-state index in [1.807, 2.05) is 23.9 Å². The Balaban J connectivity index is 1.21. The Labute approximate surface area is 255 Å². The average Bonchev–Trinajstić information content (AvgIpc) is 3.89. The van der Waals surface area contributed by atoms with Crippen LogP contribution in [-0.4, -0.2) is 104 Å². The summed E-state index contributed by atoms with van der Waals surface area (Å²) in [7, 11) is 3.81. The maximum Gasteiger partial charge on any atom is 0.206 e. The first-order chi connectivity index (χ1) is 21.6. The predicted octanol–water partition coefficient (Wildman–Crippen LogP) is 3.34. The van der Waals surface area contributed by atoms with E-state index in [0.717, 1.165) is 101 Å². The number of methoxy groups -OCH3 is 1. The highest BCUT2D eigenvalue weighted by atomic mass is 16.5. The Kier molecular flexibility index (Phi) is 5.86. The van der Waals surface area contributed by atoms with Gasteiger partial charge < -0.3 is 23.8 Å². The van der Waals surface area contributed by atoms with Crippen LogP contribution in [-0.2, 0) is 11.8 Å². The van der Waals surface area contributed by atoms with Gasteiger partial charge in [0.05, 0.1) is 54.4 Å². The van der Waals surface area contributed by atoms with Gasteiger partial charge in [0.15, 0.2) is 11.6 Å². The number of imidazole rings is 1. The van der Waals surface area contributed by atoms with Gasteiger partial charge in [0.1, 0.15) is 11.3 Å². The third-order valence-electron chi connectivity index (χ3n) is 10.1. The van der Waals surface area contributed by atoms with Gasteiger partial charge in [-0.25, -0.2) is 14.6 Å². The van der Waals surface area contributed by atoms with Gasteiger partial charge in [0, 0.05) is 68.8 Å². The molecule has 5 aromatic rings. The van der Waals surface area contributed by atoms with Crippen LogP contribution in [0.25, 0.3) is 39.0 Å². The van der Waals surface area contributed by atoms with E-state index < -0.39 is 0 Å². The normalized spacial score (nSPS) is 23.4. The number of fused-ring (bicyclic) bond motifs is 5. The molecule has 4 saturated heterocycles. The number of aryl methyl sites for hydroxylation is 2. The Bertz CT molecular complexity index is 1920. The van der Waals surface area contributed by atoms with Gasteiger partial charge in [0.2, 0.25) is 5.95 Å². The van der Waals surface area contributed by atoms with E-state index in [1.54, 1.807) is 19.5 Å². The molecule has 226 valence electrons. The fraction of sp³-hybridized carbons (Fsp3) is 0.469. The molecule has 44 heavy (non-hydrogen) atoms. The van der Waals surface area contributed by atoms with Crippen LogP contribution in [0, 0.1) is 6.92 Å². The number of nitrogens with zero attached hydrogens (tertiary/aromatic N) is 10. The van der Waals surface area contributed by atoms with Crippen molar-refractivity contribution in [2.75, 3.05) is 56.2 Å². The van der Waals surface area contributed by atoms with E-state index in [1.165, 1.54) is 19.4 Å². The molecule has 3 atom stereocenters. The molecule has 0 amide bonds. The fourth-order valence-corrected chi connectivity index (χ4v) is 7.82. The van der Waals surface area contributed by atoms with Gasteiger partial charge in [-0.15, -0.1) is 0 Å². The van der Waals surface area contributed by atoms with Crippen LogP contribution in [0.5, 0.6) is 5.75 Å². The predicted molar refractivity (Wildman–Crippen MR) is 168 cm³/mol. The lowest BCUT2D eigenvalue weighted by Crippen LogP contribution is -2.50. The molecule has 4 aliphatic rings. The monoisotopic (exact) mass is 592 g/mol. The lowest BCUT2D eigenvalue weighted by atomic mass is 10.1. The van der Waals surface area contributed by atoms with Gasteiger partial charge >= 0.3 is 0 Å². The molecule has 0 N–H and O–H groups in total. The molecule has 4 fully saturated rings. The number of aromatic nitrogens is 7. The molecule has 5 aromatic heterocycles. The SMILES string of the molecule is COc1ccncc1-c1cc2c(cnn2-c2cc3c(nc(N4CCN5CCC[C@H]5C4)n3C)c(N3C[C@H]4C[C@@H]3CO4)n2)c(C)n1. The van der Waals surface area contributed by atoms with E-state index in [9.17, 15) is 0 Å². The molecule has 9 heterocycles. The van der Waals surface area contributed by atoms with Gasteiger partial charge in [-0.1, -0.05) is 0 Å².